The average molecular weight is 479 g/mol. The van der Waals surface area contributed by atoms with Crippen LogP contribution in [0.25, 0.3) is 0 Å². The number of fused-ring (bicyclic) bond motifs is 2. The number of aromatic nitrogens is 1. The molecule has 0 aromatic carbocycles. The van der Waals surface area contributed by atoms with E-state index in [0.29, 0.717) is 25.3 Å². The highest BCUT2D eigenvalue weighted by molar-refractivity contribution is 6.74. The first-order valence-corrected chi connectivity index (χ1v) is 14.9. The van der Waals surface area contributed by atoms with Crippen LogP contribution < -0.4 is 4.74 Å². The number of carbonyl (C=O) groups excluding carboxylic acids is 1. The summed E-state index contributed by atoms with van der Waals surface area (Å²) in [4.78, 5) is 19.1. The summed E-state index contributed by atoms with van der Waals surface area (Å²) in [6.45, 7) is 17.3. The fraction of sp³-hybridized carbons (Fsp3) is 0.760. The summed E-state index contributed by atoms with van der Waals surface area (Å²) in [5.41, 5.74) is -0.0149. The van der Waals surface area contributed by atoms with Crippen LogP contribution in [0, 0.1) is 0 Å². The van der Waals surface area contributed by atoms with Crippen molar-refractivity contribution in [2.45, 2.75) is 109 Å². The van der Waals surface area contributed by atoms with Crippen molar-refractivity contribution >= 4 is 14.4 Å². The molecule has 1 N–H and O–H groups in total. The van der Waals surface area contributed by atoms with E-state index < -0.39 is 19.5 Å². The summed E-state index contributed by atoms with van der Waals surface area (Å²) in [6, 6.07) is 1.53. The number of carbonyl (C=O) groups is 1. The van der Waals surface area contributed by atoms with Crippen LogP contribution in [0.3, 0.4) is 0 Å². The van der Waals surface area contributed by atoms with E-state index in [9.17, 15) is 9.90 Å². The van der Waals surface area contributed by atoms with E-state index in [1.54, 1.807) is 18.2 Å². The highest BCUT2D eigenvalue weighted by Crippen LogP contribution is 2.51. The Bertz CT molecular complexity index is 877. The molecular formula is C25H42N2O5Si. The van der Waals surface area contributed by atoms with Gasteiger partial charge in [0.1, 0.15) is 11.2 Å². The molecule has 0 saturated carbocycles. The van der Waals surface area contributed by atoms with Gasteiger partial charge in [-0.25, -0.2) is 9.78 Å². The van der Waals surface area contributed by atoms with E-state index in [2.05, 4.69) is 38.8 Å². The first-order chi connectivity index (χ1) is 15.1. The SMILES string of the molecule is COc1cc(CCO[Si](C)(C)C(C)(C)C)c(C2(O)CC3CCC2N3C(=O)OC(C)(C)C)cn1. The number of nitrogens with zero attached hydrogens (tertiary/aromatic N) is 2. The van der Waals surface area contributed by atoms with Gasteiger partial charge >= 0.3 is 6.09 Å². The summed E-state index contributed by atoms with van der Waals surface area (Å²) in [5, 5.41) is 12.1. The van der Waals surface area contributed by atoms with Crippen molar-refractivity contribution in [2.75, 3.05) is 13.7 Å². The van der Waals surface area contributed by atoms with E-state index in [1.807, 2.05) is 26.8 Å². The third kappa shape index (κ3) is 5.22. The Labute approximate surface area is 199 Å². The van der Waals surface area contributed by atoms with Crippen molar-refractivity contribution in [1.29, 1.82) is 0 Å². The number of hydrogen-bond donors (Lipinski definition) is 1. The van der Waals surface area contributed by atoms with Gasteiger partial charge in [-0.1, -0.05) is 20.8 Å². The van der Waals surface area contributed by atoms with Crippen LogP contribution in [0.1, 0.15) is 71.9 Å². The van der Waals surface area contributed by atoms with Gasteiger partial charge in [0.25, 0.3) is 0 Å². The summed E-state index contributed by atoms with van der Waals surface area (Å²) >= 11 is 0. The first kappa shape index (κ1) is 26.0. The normalized spacial score (nSPS) is 25.5. The molecule has 2 bridgehead atoms. The molecule has 1 aromatic rings. The number of pyridine rings is 1. The molecule has 186 valence electrons. The van der Waals surface area contributed by atoms with Gasteiger partial charge in [0, 0.05) is 36.9 Å². The zero-order valence-corrected chi connectivity index (χ0v) is 22.8. The maximum Gasteiger partial charge on any atom is 0.410 e. The Morgan fingerprint density at radius 1 is 1.24 bits per heavy atom. The Morgan fingerprint density at radius 2 is 1.91 bits per heavy atom. The largest absolute Gasteiger partial charge is 0.481 e. The van der Waals surface area contributed by atoms with Crippen molar-refractivity contribution in [3.8, 4) is 5.88 Å². The van der Waals surface area contributed by atoms with Crippen LogP contribution in [0.4, 0.5) is 4.79 Å². The number of ether oxygens (including phenoxy) is 2. The number of aliphatic hydroxyl groups is 1. The molecule has 1 aromatic heterocycles. The summed E-state index contributed by atoms with van der Waals surface area (Å²) < 4.78 is 17.4. The van der Waals surface area contributed by atoms with Gasteiger partial charge in [-0.3, -0.25) is 4.90 Å². The minimum absolute atomic E-state index is 0.0340. The second-order valence-corrected chi connectivity index (χ2v) is 16.8. The van der Waals surface area contributed by atoms with Gasteiger partial charge in [-0.05, 0) is 63.7 Å². The number of hydrogen-bond acceptors (Lipinski definition) is 6. The molecule has 8 heteroatoms. The lowest BCUT2D eigenvalue weighted by Gasteiger charge is -2.37. The van der Waals surface area contributed by atoms with Crippen LogP contribution in [0.5, 0.6) is 5.88 Å². The van der Waals surface area contributed by atoms with Gasteiger partial charge < -0.3 is 19.0 Å². The minimum Gasteiger partial charge on any atom is -0.481 e. The third-order valence-electron chi connectivity index (χ3n) is 7.49. The fourth-order valence-electron chi connectivity index (χ4n) is 4.74. The molecule has 3 heterocycles. The van der Waals surface area contributed by atoms with Crippen LogP contribution in [0.15, 0.2) is 12.3 Å². The van der Waals surface area contributed by atoms with Crippen molar-refractivity contribution in [1.82, 2.24) is 9.88 Å². The van der Waals surface area contributed by atoms with Crippen LogP contribution >= 0.6 is 0 Å². The topological polar surface area (TPSA) is 81.1 Å². The Morgan fingerprint density at radius 3 is 2.48 bits per heavy atom. The van der Waals surface area contributed by atoms with Crippen molar-refractivity contribution in [2.24, 2.45) is 0 Å². The molecule has 0 radical (unpaired) electrons. The highest BCUT2D eigenvalue weighted by Gasteiger charge is 2.59. The van der Waals surface area contributed by atoms with Gasteiger partial charge in [0.15, 0.2) is 8.32 Å². The standard InChI is InChI=1S/C25H42N2O5Si/c1-23(2,3)32-22(28)27-18-10-11-20(27)25(29,15-18)19-16-26-21(30-7)14-17(19)12-13-31-33(8,9)24(4,5)6/h14,16,18,20,29H,10-13,15H2,1-9H3. The molecule has 1 amide bonds. The molecule has 2 aliphatic heterocycles. The Balaban J connectivity index is 1.86. The van der Waals surface area contributed by atoms with E-state index in [0.717, 1.165) is 24.0 Å². The molecule has 7 nitrogen and oxygen atoms in total. The average Bonchev–Trinajstić information content (AvgIpc) is 3.21. The molecule has 2 fully saturated rings. The monoisotopic (exact) mass is 478 g/mol. The van der Waals surface area contributed by atoms with Crippen LogP contribution in [-0.2, 0) is 21.2 Å². The van der Waals surface area contributed by atoms with E-state index in [1.165, 1.54) is 0 Å². The first-order valence-electron chi connectivity index (χ1n) is 12.0. The lowest BCUT2D eigenvalue weighted by molar-refractivity contribution is -0.0164. The maximum absolute atomic E-state index is 12.9. The lowest BCUT2D eigenvalue weighted by atomic mass is 9.78. The smallest absolute Gasteiger partial charge is 0.410 e. The van der Waals surface area contributed by atoms with E-state index >= 15 is 0 Å². The minimum atomic E-state index is -1.89. The van der Waals surface area contributed by atoms with Crippen molar-refractivity contribution in [3.05, 3.63) is 23.4 Å². The van der Waals surface area contributed by atoms with Gasteiger partial charge in [-0.15, -0.1) is 0 Å². The molecule has 2 saturated heterocycles. The second kappa shape index (κ2) is 8.85. The zero-order valence-electron chi connectivity index (χ0n) is 21.8. The predicted octanol–water partition coefficient (Wildman–Crippen LogP) is 5.01. The Kier molecular flexibility index (Phi) is 6.97. The van der Waals surface area contributed by atoms with Gasteiger partial charge in [-0.2, -0.15) is 0 Å². The number of methoxy groups -OCH3 is 1. The second-order valence-electron chi connectivity index (χ2n) is 12.0. The fourth-order valence-corrected chi connectivity index (χ4v) is 5.79. The molecule has 0 spiro atoms. The molecule has 33 heavy (non-hydrogen) atoms. The molecule has 3 atom stereocenters. The Hall–Kier alpha value is -1.64. The van der Waals surface area contributed by atoms with E-state index in [4.69, 9.17) is 13.9 Å². The summed E-state index contributed by atoms with van der Waals surface area (Å²) in [7, 11) is -0.297. The highest BCUT2D eigenvalue weighted by atomic mass is 28.4. The van der Waals surface area contributed by atoms with Crippen LogP contribution in [0.2, 0.25) is 18.1 Å². The van der Waals surface area contributed by atoms with Gasteiger partial charge in [0.2, 0.25) is 5.88 Å². The number of amides is 1. The summed E-state index contributed by atoms with van der Waals surface area (Å²) in [5.74, 6) is 0.511. The van der Waals surface area contributed by atoms with Gasteiger partial charge in [0.05, 0.1) is 13.2 Å². The molecule has 2 aliphatic rings. The molecular weight excluding hydrogens is 436 g/mol. The summed E-state index contributed by atoms with van der Waals surface area (Å²) in [6.07, 6.45) is 4.11. The van der Waals surface area contributed by atoms with Crippen molar-refractivity contribution in [3.63, 3.8) is 0 Å². The molecule has 0 aliphatic carbocycles. The van der Waals surface area contributed by atoms with E-state index in [-0.39, 0.29) is 23.2 Å². The zero-order chi connectivity index (χ0) is 24.8. The lowest BCUT2D eigenvalue weighted by Crippen LogP contribution is -2.45. The molecule has 3 rings (SSSR count). The number of rotatable bonds is 6. The predicted molar refractivity (Wildman–Crippen MR) is 131 cm³/mol. The maximum atomic E-state index is 12.9. The van der Waals surface area contributed by atoms with Crippen LogP contribution in [-0.4, -0.2) is 60.8 Å². The molecule has 3 unspecified atom stereocenters. The third-order valence-corrected chi connectivity index (χ3v) is 12.0. The quantitative estimate of drug-likeness (QED) is 0.579. The van der Waals surface area contributed by atoms with Crippen molar-refractivity contribution < 1.29 is 23.8 Å².